The molecule has 92 valence electrons. The summed E-state index contributed by atoms with van der Waals surface area (Å²) in [4.78, 5) is 0. The molecule has 0 aliphatic rings. The Morgan fingerprint density at radius 2 is 1.72 bits per heavy atom. The number of aryl methyl sites for hydroxylation is 1. The summed E-state index contributed by atoms with van der Waals surface area (Å²) in [5.41, 5.74) is 3.67. The second-order valence-corrected chi connectivity index (χ2v) is 4.32. The molecule has 2 aromatic carbocycles. The summed E-state index contributed by atoms with van der Waals surface area (Å²) in [7, 11) is 0. The maximum absolute atomic E-state index is 5.75. The van der Waals surface area contributed by atoms with Gasteiger partial charge in [-0.25, -0.2) is 0 Å². The van der Waals surface area contributed by atoms with Gasteiger partial charge in [-0.15, -0.1) is 0 Å². The van der Waals surface area contributed by atoms with Crippen molar-refractivity contribution in [1.29, 1.82) is 0 Å². The van der Waals surface area contributed by atoms with Gasteiger partial charge in [0.15, 0.2) is 0 Å². The van der Waals surface area contributed by atoms with Crippen molar-refractivity contribution >= 4 is 6.08 Å². The van der Waals surface area contributed by atoms with Gasteiger partial charge in [0.05, 0.1) is 0 Å². The van der Waals surface area contributed by atoms with Gasteiger partial charge in [-0.05, 0) is 42.7 Å². The first kappa shape index (κ1) is 12.4. The van der Waals surface area contributed by atoms with Crippen LogP contribution in [0.25, 0.3) is 6.08 Å². The zero-order valence-corrected chi connectivity index (χ0v) is 10.9. The first-order valence-electron chi connectivity index (χ1n) is 6.18. The molecular formula is C17H18O. The van der Waals surface area contributed by atoms with E-state index in [-0.39, 0.29) is 0 Å². The lowest BCUT2D eigenvalue weighted by atomic mass is 10.1. The summed E-state index contributed by atoms with van der Waals surface area (Å²) in [6, 6.07) is 16.4. The summed E-state index contributed by atoms with van der Waals surface area (Å²) < 4.78 is 5.75. The zero-order valence-electron chi connectivity index (χ0n) is 10.9. The lowest BCUT2D eigenvalue weighted by molar-refractivity contribution is 0.360. The van der Waals surface area contributed by atoms with E-state index in [9.17, 15) is 0 Å². The highest BCUT2D eigenvalue weighted by molar-refractivity contribution is 5.48. The average Bonchev–Trinajstić information content (AvgIpc) is 2.40. The highest BCUT2D eigenvalue weighted by Crippen LogP contribution is 2.20. The molecule has 18 heavy (non-hydrogen) atoms. The highest BCUT2D eigenvalue weighted by Gasteiger charge is 1.99. The van der Waals surface area contributed by atoms with E-state index >= 15 is 0 Å². The fourth-order valence-electron chi connectivity index (χ4n) is 1.77. The number of ether oxygens (including phenoxy) is 1. The van der Waals surface area contributed by atoms with Gasteiger partial charge in [0.2, 0.25) is 0 Å². The molecule has 0 unspecified atom stereocenters. The van der Waals surface area contributed by atoms with Crippen LogP contribution in [0.15, 0.2) is 54.6 Å². The van der Waals surface area contributed by atoms with E-state index in [4.69, 9.17) is 4.74 Å². The van der Waals surface area contributed by atoms with E-state index in [0.29, 0.717) is 6.61 Å². The van der Waals surface area contributed by atoms with Crippen molar-refractivity contribution in [3.63, 3.8) is 0 Å². The minimum absolute atomic E-state index is 0.596. The Kier molecular flexibility index (Phi) is 4.19. The van der Waals surface area contributed by atoms with Crippen molar-refractivity contribution in [1.82, 2.24) is 0 Å². The smallest absolute Gasteiger partial charge is 0.122 e. The Labute approximate surface area is 109 Å². The van der Waals surface area contributed by atoms with Gasteiger partial charge < -0.3 is 4.74 Å². The van der Waals surface area contributed by atoms with Crippen LogP contribution in [0.5, 0.6) is 5.75 Å². The molecule has 0 atom stereocenters. The van der Waals surface area contributed by atoms with Crippen LogP contribution < -0.4 is 4.74 Å². The Morgan fingerprint density at radius 3 is 2.50 bits per heavy atom. The first-order chi connectivity index (χ1) is 8.77. The lowest BCUT2D eigenvalue weighted by Gasteiger charge is -2.08. The third kappa shape index (κ3) is 3.24. The van der Waals surface area contributed by atoms with Gasteiger partial charge >= 0.3 is 0 Å². The van der Waals surface area contributed by atoms with E-state index in [2.05, 4.69) is 38.1 Å². The Hall–Kier alpha value is -2.02. The topological polar surface area (TPSA) is 9.23 Å². The van der Waals surface area contributed by atoms with Crippen LogP contribution in [0.1, 0.15) is 16.7 Å². The molecular weight excluding hydrogens is 220 g/mol. The molecule has 1 nitrogen and oxygen atoms in total. The predicted molar refractivity (Wildman–Crippen MR) is 76.9 cm³/mol. The average molecular weight is 238 g/mol. The molecule has 0 bridgehead atoms. The summed E-state index contributed by atoms with van der Waals surface area (Å²) >= 11 is 0. The molecule has 1 heteroatoms. The van der Waals surface area contributed by atoms with Crippen LogP contribution in [0, 0.1) is 13.8 Å². The van der Waals surface area contributed by atoms with Crippen molar-refractivity contribution in [3.05, 3.63) is 71.3 Å². The summed E-state index contributed by atoms with van der Waals surface area (Å²) in [6.07, 6.45) is 4.11. The highest BCUT2D eigenvalue weighted by atomic mass is 16.5. The SMILES string of the molecule is Cc1cccc(OC/C=C/c2ccccc2)c1C. The van der Waals surface area contributed by atoms with Crippen molar-refractivity contribution < 1.29 is 4.74 Å². The quantitative estimate of drug-likeness (QED) is 0.767. The molecule has 0 saturated heterocycles. The summed E-state index contributed by atoms with van der Waals surface area (Å²) in [5.74, 6) is 0.965. The Bertz CT molecular complexity index is 527. The lowest BCUT2D eigenvalue weighted by Crippen LogP contribution is -1.96. The molecule has 0 radical (unpaired) electrons. The van der Waals surface area contributed by atoms with E-state index in [1.54, 1.807) is 0 Å². The van der Waals surface area contributed by atoms with Crippen LogP contribution in [0.3, 0.4) is 0 Å². The molecule has 0 spiro atoms. The maximum atomic E-state index is 5.75. The third-order valence-corrected chi connectivity index (χ3v) is 3.00. The van der Waals surface area contributed by atoms with Crippen LogP contribution in [-0.2, 0) is 0 Å². The van der Waals surface area contributed by atoms with E-state index in [1.807, 2.05) is 36.4 Å². The number of benzene rings is 2. The third-order valence-electron chi connectivity index (χ3n) is 3.00. The second kappa shape index (κ2) is 6.06. The number of rotatable bonds is 4. The normalized spacial score (nSPS) is 10.8. The Balaban J connectivity index is 1.93. The Morgan fingerprint density at radius 1 is 0.944 bits per heavy atom. The fourth-order valence-corrected chi connectivity index (χ4v) is 1.77. The maximum Gasteiger partial charge on any atom is 0.122 e. The van der Waals surface area contributed by atoms with E-state index < -0.39 is 0 Å². The molecule has 0 aliphatic heterocycles. The molecule has 2 aromatic rings. The molecule has 0 N–H and O–H groups in total. The fraction of sp³-hybridized carbons (Fsp3) is 0.176. The molecule has 2 rings (SSSR count). The predicted octanol–water partition coefficient (Wildman–Crippen LogP) is 4.40. The largest absolute Gasteiger partial charge is 0.489 e. The number of hydrogen-bond acceptors (Lipinski definition) is 1. The van der Waals surface area contributed by atoms with Crippen molar-refractivity contribution in [2.24, 2.45) is 0 Å². The minimum atomic E-state index is 0.596. The minimum Gasteiger partial charge on any atom is -0.489 e. The van der Waals surface area contributed by atoms with Gasteiger partial charge in [0.1, 0.15) is 12.4 Å². The van der Waals surface area contributed by atoms with Crippen molar-refractivity contribution in [2.45, 2.75) is 13.8 Å². The van der Waals surface area contributed by atoms with Gasteiger partial charge in [-0.1, -0.05) is 48.5 Å². The second-order valence-electron chi connectivity index (χ2n) is 4.32. The molecule has 0 aromatic heterocycles. The molecule has 0 aliphatic carbocycles. The number of hydrogen-bond donors (Lipinski definition) is 0. The first-order valence-corrected chi connectivity index (χ1v) is 6.18. The van der Waals surface area contributed by atoms with Crippen LogP contribution in [0.4, 0.5) is 0 Å². The standard InChI is InChI=1S/C17H18O/c1-14-8-6-12-17(15(14)2)18-13-7-11-16-9-4-3-5-10-16/h3-12H,13H2,1-2H3/b11-7+. The van der Waals surface area contributed by atoms with E-state index in [0.717, 1.165) is 5.75 Å². The van der Waals surface area contributed by atoms with Crippen LogP contribution in [-0.4, -0.2) is 6.61 Å². The van der Waals surface area contributed by atoms with Crippen molar-refractivity contribution in [2.75, 3.05) is 6.61 Å². The molecule has 0 heterocycles. The van der Waals surface area contributed by atoms with Crippen LogP contribution in [0.2, 0.25) is 0 Å². The molecule has 0 fully saturated rings. The van der Waals surface area contributed by atoms with Gasteiger partial charge in [-0.2, -0.15) is 0 Å². The summed E-state index contributed by atoms with van der Waals surface area (Å²) in [5, 5.41) is 0. The zero-order chi connectivity index (χ0) is 12.8. The van der Waals surface area contributed by atoms with Crippen LogP contribution >= 0.6 is 0 Å². The molecule has 0 amide bonds. The van der Waals surface area contributed by atoms with Gasteiger partial charge in [0, 0.05) is 0 Å². The monoisotopic (exact) mass is 238 g/mol. The van der Waals surface area contributed by atoms with E-state index in [1.165, 1.54) is 16.7 Å². The van der Waals surface area contributed by atoms with Gasteiger partial charge in [-0.3, -0.25) is 0 Å². The van der Waals surface area contributed by atoms with Gasteiger partial charge in [0.25, 0.3) is 0 Å². The van der Waals surface area contributed by atoms with Crippen molar-refractivity contribution in [3.8, 4) is 5.75 Å². The summed E-state index contributed by atoms with van der Waals surface area (Å²) in [6.45, 7) is 4.78. The molecule has 0 saturated carbocycles.